The monoisotopic (exact) mass is 428 g/mol. The van der Waals surface area contributed by atoms with Gasteiger partial charge in [0, 0.05) is 58.2 Å². The number of piperazine rings is 1. The van der Waals surface area contributed by atoms with E-state index in [0.29, 0.717) is 38.6 Å². The van der Waals surface area contributed by atoms with E-state index in [2.05, 4.69) is 22.2 Å². The van der Waals surface area contributed by atoms with Crippen LogP contribution in [0.1, 0.15) is 27.7 Å². The molecule has 1 aliphatic rings. The van der Waals surface area contributed by atoms with Gasteiger partial charge in [-0.05, 0) is 32.8 Å². The van der Waals surface area contributed by atoms with Crippen LogP contribution in [0.25, 0.3) is 0 Å². The molecule has 2 rings (SSSR count). The molecule has 1 atom stereocenters. The first kappa shape index (κ1) is 23.6. The summed E-state index contributed by atoms with van der Waals surface area (Å²) in [5, 5.41) is 7.57. The molecule has 1 aliphatic heterocycles. The number of nitrogens with one attached hydrogen (secondary N) is 1. The van der Waals surface area contributed by atoms with Crippen LogP contribution < -0.4 is 5.32 Å². The highest BCUT2D eigenvalue weighted by Crippen LogP contribution is 2.10. The molecule has 29 heavy (non-hydrogen) atoms. The molecular formula is C19H36N6O3S. The highest BCUT2D eigenvalue weighted by Gasteiger charge is 2.28. The fourth-order valence-corrected chi connectivity index (χ4v) is 4.43. The third kappa shape index (κ3) is 7.94. The Morgan fingerprint density at radius 2 is 1.97 bits per heavy atom. The Balaban J connectivity index is 1.86. The van der Waals surface area contributed by atoms with Crippen molar-refractivity contribution < 1.29 is 13.2 Å². The first-order chi connectivity index (χ1) is 13.8. The number of nitrogens with zero attached hydrogens (tertiary/aromatic N) is 5. The molecule has 10 heteroatoms. The average Bonchev–Trinajstić information content (AvgIpc) is 3.17. The third-order valence-corrected chi connectivity index (χ3v) is 6.50. The van der Waals surface area contributed by atoms with E-state index in [1.165, 1.54) is 0 Å². The number of aliphatic imine (C=N–C) groups is 1. The predicted octanol–water partition coefficient (Wildman–Crippen LogP) is 0.857. The minimum Gasteiger partial charge on any atom is -0.378 e. The van der Waals surface area contributed by atoms with Crippen molar-refractivity contribution in [2.24, 2.45) is 10.9 Å². The smallest absolute Gasteiger partial charge is 0.216 e. The molecule has 1 aromatic heterocycles. The summed E-state index contributed by atoms with van der Waals surface area (Å²) in [5.41, 5.74) is 0. The number of hydrogen-bond donors (Lipinski definition) is 1. The zero-order chi connectivity index (χ0) is 21.3. The maximum absolute atomic E-state index is 12.5. The molecular weight excluding hydrogens is 392 g/mol. The van der Waals surface area contributed by atoms with E-state index >= 15 is 0 Å². The van der Waals surface area contributed by atoms with Gasteiger partial charge in [0.2, 0.25) is 10.0 Å². The maximum atomic E-state index is 12.5. The summed E-state index contributed by atoms with van der Waals surface area (Å²) in [4.78, 5) is 6.92. The van der Waals surface area contributed by atoms with Crippen molar-refractivity contribution in [1.82, 2.24) is 24.3 Å². The van der Waals surface area contributed by atoms with E-state index in [0.717, 1.165) is 19.0 Å². The third-order valence-electron chi connectivity index (χ3n) is 4.67. The van der Waals surface area contributed by atoms with Crippen molar-refractivity contribution in [2.75, 3.05) is 51.6 Å². The molecule has 1 aromatic rings. The van der Waals surface area contributed by atoms with Crippen LogP contribution in [0, 0.1) is 5.92 Å². The fourth-order valence-electron chi connectivity index (χ4n) is 3.15. The number of sulfonamides is 1. The molecule has 2 heterocycles. The van der Waals surface area contributed by atoms with Gasteiger partial charge in [0.05, 0.1) is 18.5 Å². The molecule has 1 N–H and O–H groups in total. The molecule has 166 valence electrons. The van der Waals surface area contributed by atoms with E-state index in [1.807, 2.05) is 37.7 Å². The van der Waals surface area contributed by atoms with Crippen LogP contribution >= 0.6 is 0 Å². The number of ether oxygens (including phenoxy) is 1. The normalized spacial score (nSPS) is 17.7. The van der Waals surface area contributed by atoms with Crippen molar-refractivity contribution in [3.05, 3.63) is 18.5 Å². The Morgan fingerprint density at radius 1 is 1.24 bits per heavy atom. The summed E-state index contributed by atoms with van der Waals surface area (Å²) >= 11 is 0. The molecule has 1 saturated heterocycles. The molecule has 0 bridgehead atoms. The molecule has 0 radical (unpaired) electrons. The van der Waals surface area contributed by atoms with Gasteiger partial charge in [0.25, 0.3) is 0 Å². The zero-order valence-electron chi connectivity index (χ0n) is 18.1. The minimum atomic E-state index is -3.28. The Morgan fingerprint density at radius 3 is 2.55 bits per heavy atom. The van der Waals surface area contributed by atoms with Gasteiger partial charge in [-0.25, -0.2) is 8.42 Å². The van der Waals surface area contributed by atoms with Gasteiger partial charge in [-0.3, -0.25) is 9.67 Å². The van der Waals surface area contributed by atoms with Crippen LogP contribution in [0.2, 0.25) is 0 Å². The van der Waals surface area contributed by atoms with Crippen LogP contribution in [-0.2, 0) is 21.3 Å². The molecule has 0 saturated carbocycles. The van der Waals surface area contributed by atoms with E-state index in [4.69, 9.17) is 9.73 Å². The van der Waals surface area contributed by atoms with E-state index in [-0.39, 0.29) is 18.5 Å². The maximum Gasteiger partial charge on any atom is 0.216 e. The van der Waals surface area contributed by atoms with Crippen LogP contribution in [0.3, 0.4) is 0 Å². The molecule has 9 nitrogen and oxygen atoms in total. The number of rotatable bonds is 10. The van der Waals surface area contributed by atoms with E-state index in [9.17, 15) is 8.42 Å². The summed E-state index contributed by atoms with van der Waals surface area (Å²) < 4.78 is 33.9. The largest absolute Gasteiger partial charge is 0.378 e. The average molecular weight is 429 g/mol. The lowest BCUT2D eigenvalue weighted by Gasteiger charge is -2.36. The van der Waals surface area contributed by atoms with Crippen LogP contribution in [0.15, 0.2) is 23.5 Å². The highest BCUT2D eigenvalue weighted by atomic mass is 32.2. The van der Waals surface area contributed by atoms with Crippen molar-refractivity contribution in [2.45, 2.75) is 40.3 Å². The van der Waals surface area contributed by atoms with Crippen molar-refractivity contribution in [1.29, 1.82) is 0 Å². The fraction of sp³-hybridized carbons (Fsp3) is 0.789. The first-order valence-corrected chi connectivity index (χ1v) is 12.0. The van der Waals surface area contributed by atoms with Crippen molar-refractivity contribution in [3.8, 4) is 0 Å². The van der Waals surface area contributed by atoms with Gasteiger partial charge in [0.1, 0.15) is 0 Å². The second kappa shape index (κ2) is 11.5. The van der Waals surface area contributed by atoms with Gasteiger partial charge in [0.15, 0.2) is 5.96 Å². The van der Waals surface area contributed by atoms with Crippen molar-refractivity contribution in [3.63, 3.8) is 0 Å². The van der Waals surface area contributed by atoms with Crippen LogP contribution in [-0.4, -0.2) is 91.1 Å². The summed E-state index contributed by atoms with van der Waals surface area (Å²) in [6.45, 7) is 12.7. The molecule has 1 fully saturated rings. The van der Waals surface area contributed by atoms with Gasteiger partial charge < -0.3 is 15.0 Å². The molecule has 0 spiro atoms. The highest BCUT2D eigenvalue weighted by molar-refractivity contribution is 7.89. The Hall–Kier alpha value is -1.65. The van der Waals surface area contributed by atoms with Gasteiger partial charge in [-0.1, -0.05) is 6.92 Å². The number of guanidine groups is 1. The van der Waals surface area contributed by atoms with Gasteiger partial charge >= 0.3 is 0 Å². The van der Waals surface area contributed by atoms with E-state index < -0.39 is 10.0 Å². The SMILES string of the molecule is CCNC(=NCC(C)Cn1cccn1)N1CCN(S(=O)(=O)CCOC(C)C)CC1. The Bertz CT molecular complexity index is 712. The standard InChI is InChI=1S/C19H36N6O3S/c1-5-20-19(21-15-18(4)16-24-8-6-7-22-24)23-9-11-25(12-10-23)29(26,27)14-13-28-17(2)3/h6-8,17-18H,5,9-16H2,1-4H3,(H,20,21). The number of aromatic nitrogens is 2. The topological polar surface area (TPSA) is 92.1 Å². The summed E-state index contributed by atoms with van der Waals surface area (Å²) in [5.74, 6) is 1.23. The molecule has 0 amide bonds. The second-order valence-corrected chi connectivity index (χ2v) is 9.74. The summed E-state index contributed by atoms with van der Waals surface area (Å²) in [6.07, 6.45) is 3.77. The lowest BCUT2D eigenvalue weighted by atomic mass is 10.2. The van der Waals surface area contributed by atoms with Gasteiger partial charge in [-0.15, -0.1) is 0 Å². The molecule has 0 aromatic carbocycles. The summed E-state index contributed by atoms with van der Waals surface area (Å²) in [6, 6.07) is 1.92. The second-order valence-electron chi connectivity index (χ2n) is 7.65. The van der Waals surface area contributed by atoms with Crippen LogP contribution in [0.5, 0.6) is 0 Å². The Labute approximate surface area is 175 Å². The first-order valence-electron chi connectivity index (χ1n) is 10.4. The quantitative estimate of drug-likeness (QED) is 0.439. The molecule has 0 aliphatic carbocycles. The lowest BCUT2D eigenvalue weighted by Crippen LogP contribution is -2.54. The number of hydrogen-bond acceptors (Lipinski definition) is 5. The van der Waals surface area contributed by atoms with E-state index in [1.54, 1.807) is 10.5 Å². The minimum absolute atomic E-state index is 0.0320. The zero-order valence-corrected chi connectivity index (χ0v) is 18.9. The lowest BCUT2D eigenvalue weighted by molar-refractivity contribution is 0.0904. The van der Waals surface area contributed by atoms with Gasteiger partial charge in [-0.2, -0.15) is 9.40 Å². The van der Waals surface area contributed by atoms with Crippen molar-refractivity contribution >= 4 is 16.0 Å². The Kier molecular flexibility index (Phi) is 9.38. The molecule has 1 unspecified atom stereocenters. The van der Waals surface area contributed by atoms with Crippen LogP contribution in [0.4, 0.5) is 0 Å². The predicted molar refractivity (Wildman–Crippen MR) is 115 cm³/mol. The summed E-state index contributed by atoms with van der Waals surface area (Å²) in [7, 11) is -3.28.